The van der Waals surface area contributed by atoms with E-state index in [4.69, 9.17) is 14.2 Å². The molecule has 0 saturated heterocycles. The summed E-state index contributed by atoms with van der Waals surface area (Å²) in [5, 5.41) is 0. The summed E-state index contributed by atoms with van der Waals surface area (Å²) in [6.45, 7) is 4.79. The molecule has 1 saturated carbocycles. The molecular formula is C28H32O3. The van der Waals surface area contributed by atoms with Crippen LogP contribution in [0.25, 0.3) is 0 Å². The van der Waals surface area contributed by atoms with Gasteiger partial charge in [-0.05, 0) is 29.0 Å². The maximum atomic E-state index is 6.47. The molecule has 1 fully saturated rings. The SMILES string of the molecule is C[C@@H]1C[C@H](COCc2ccccc2)[C@@H](OCc2ccccc2)C1OCc1ccccc1. The lowest BCUT2D eigenvalue weighted by molar-refractivity contribution is -0.103. The van der Waals surface area contributed by atoms with Crippen LogP contribution in [-0.4, -0.2) is 18.8 Å². The van der Waals surface area contributed by atoms with E-state index >= 15 is 0 Å². The first-order chi connectivity index (χ1) is 15.3. The Hall–Kier alpha value is -2.46. The van der Waals surface area contributed by atoms with Crippen molar-refractivity contribution in [3.63, 3.8) is 0 Å². The highest BCUT2D eigenvalue weighted by Gasteiger charge is 2.42. The van der Waals surface area contributed by atoms with E-state index in [1.54, 1.807) is 0 Å². The number of ether oxygens (including phenoxy) is 3. The summed E-state index contributed by atoms with van der Waals surface area (Å²) in [5.41, 5.74) is 3.58. The summed E-state index contributed by atoms with van der Waals surface area (Å²) in [5.74, 6) is 0.748. The van der Waals surface area contributed by atoms with Crippen LogP contribution in [0.5, 0.6) is 0 Å². The van der Waals surface area contributed by atoms with Crippen molar-refractivity contribution < 1.29 is 14.2 Å². The molecule has 3 aromatic carbocycles. The summed E-state index contributed by atoms with van der Waals surface area (Å²) in [6, 6.07) is 31.1. The summed E-state index contributed by atoms with van der Waals surface area (Å²) in [6.07, 6.45) is 1.14. The quantitative estimate of drug-likeness (QED) is 0.404. The van der Waals surface area contributed by atoms with Gasteiger partial charge in [0.1, 0.15) is 0 Å². The molecule has 0 aliphatic heterocycles. The Labute approximate surface area is 186 Å². The lowest BCUT2D eigenvalue weighted by Gasteiger charge is -2.27. The average molecular weight is 417 g/mol. The molecule has 1 aliphatic rings. The minimum Gasteiger partial charge on any atom is -0.376 e. The average Bonchev–Trinajstić information content (AvgIpc) is 3.12. The minimum atomic E-state index is 0.0229. The van der Waals surface area contributed by atoms with Gasteiger partial charge in [-0.25, -0.2) is 0 Å². The Morgan fingerprint density at radius 3 is 1.58 bits per heavy atom. The normalized spacial score (nSPS) is 23.1. The maximum Gasteiger partial charge on any atom is 0.0894 e. The third kappa shape index (κ3) is 6.27. The molecule has 3 heteroatoms. The molecule has 0 aromatic heterocycles. The first kappa shape index (κ1) is 21.8. The van der Waals surface area contributed by atoms with Crippen LogP contribution in [-0.2, 0) is 34.0 Å². The topological polar surface area (TPSA) is 27.7 Å². The third-order valence-corrected chi connectivity index (χ3v) is 6.04. The first-order valence-electron chi connectivity index (χ1n) is 11.2. The molecule has 1 aliphatic carbocycles. The van der Waals surface area contributed by atoms with Gasteiger partial charge >= 0.3 is 0 Å². The number of rotatable bonds is 10. The van der Waals surface area contributed by atoms with Gasteiger partial charge in [0.25, 0.3) is 0 Å². The largest absolute Gasteiger partial charge is 0.376 e. The second kappa shape index (κ2) is 11.2. The van der Waals surface area contributed by atoms with Crippen LogP contribution in [0.2, 0.25) is 0 Å². The van der Waals surface area contributed by atoms with Crippen molar-refractivity contribution in [2.75, 3.05) is 6.61 Å². The van der Waals surface area contributed by atoms with Crippen molar-refractivity contribution in [1.82, 2.24) is 0 Å². The van der Waals surface area contributed by atoms with Crippen molar-refractivity contribution in [3.8, 4) is 0 Å². The van der Waals surface area contributed by atoms with Crippen LogP contribution < -0.4 is 0 Å². The molecule has 0 heterocycles. The summed E-state index contributed by atoms with van der Waals surface area (Å²) < 4.78 is 19.0. The Morgan fingerprint density at radius 1 is 0.613 bits per heavy atom. The molecule has 0 bridgehead atoms. The first-order valence-corrected chi connectivity index (χ1v) is 11.2. The van der Waals surface area contributed by atoms with Gasteiger partial charge in [0, 0.05) is 5.92 Å². The van der Waals surface area contributed by atoms with Crippen LogP contribution in [0.4, 0.5) is 0 Å². The maximum absolute atomic E-state index is 6.47. The summed E-state index contributed by atoms with van der Waals surface area (Å²) in [7, 11) is 0. The zero-order valence-electron chi connectivity index (χ0n) is 18.2. The van der Waals surface area contributed by atoms with E-state index < -0.39 is 0 Å². The molecule has 3 nitrogen and oxygen atoms in total. The lowest BCUT2D eigenvalue weighted by atomic mass is 10.1. The third-order valence-electron chi connectivity index (χ3n) is 6.04. The highest BCUT2D eigenvalue weighted by atomic mass is 16.5. The van der Waals surface area contributed by atoms with Gasteiger partial charge in [-0.15, -0.1) is 0 Å². The molecule has 31 heavy (non-hydrogen) atoms. The van der Waals surface area contributed by atoms with Crippen LogP contribution in [0.15, 0.2) is 91.0 Å². The van der Waals surface area contributed by atoms with Crippen LogP contribution in [0, 0.1) is 11.8 Å². The van der Waals surface area contributed by atoms with E-state index in [1.165, 1.54) is 16.7 Å². The predicted molar refractivity (Wildman–Crippen MR) is 123 cm³/mol. The predicted octanol–water partition coefficient (Wildman–Crippen LogP) is 6.03. The van der Waals surface area contributed by atoms with Gasteiger partial charge in [0.05, 0.1) is 38.6 Å². The Bertz CT molecular complexity index is 882. The van der Waals surface area contributed by atoms with Crippen molar-refractivity contribution in [1.29, 1.82) is 0 Å². The van der Waals surface area contributed by atoms with E-state index in [2.05, 4.69) is 79.7 Å². The van der Waals surface area contributed by atoms with Crippen LogP contribution in [0.1, 0.15) is 30.0 Å². The zero-order valence-corrected chi connectivity index (χ0v) is 18.2. The van der Waals surface area contributed by atoms with Crippen LogP contribution >= 0.6 is 0 Å². The highest BCUT2D eigenvalue weighted by Crippen LogP contribution is 2.37. The monoisotopic (exact) mass is 416 g/mol. The van der Waals surface area contributed by atoms with Gasteiger partial charge in [-0.2, -0.15) is 0 Å². The molecule has 162 valence electrons. The Morgan fingerprint density at radius 2 is 1.06 bits per heavy atom. The zero-order chi connectivity index (χ0) is 21.3. The van der Waals surface area contributed by atoms with Gasteiger partial charge in [-0.3, -0.25) is 0 Å². The Balaban J connectivity index is 1.39. The number of benzene rings is 3. The van der Waals surface area contributed by atoms with Crippen LogP contribution in [0.3, 0.4) is 0 Å². The fourth-order valence-electron chi connectivity index (χ4n) is 4.43. The van der Waals surface area contributed by atoms with Crippen molar-refractivity contribution >= 4 is 0 Å². The molecule has 0 spiro atoms. The van der Waals surface area contributed by atoms with Crippen molar-refractivity contribution in [3.05, 3.63) is 108 Å². The Kier molecular flexibility index (Phi) is 7.89. The van der Waals surface area contributed by atoms with E-state index in [0.29, 0.717) is 38.3 Å². The lowest BCUT2D eigenvalue weighted by Crippen LogP contribution is -2.34. The second-order valence-corrected chi connectivity index (χ2v) is 8.50. The van der Waals surface area contributed by atoms with Crippen molar-refractivity contribution in [2.24, 2.45) is 11.8 Å². The van der Waals surface area contributed by atoms with Crippen molar-refractivity contribution in [2.45, 2.75) is 45.4 Å². The molecule has 0 amide bonds. The van der Waals surface area contributed by atoms with Gasteiger partial charge in [0.15, 0.2) is 0 Å². The minimum absolute atomic E-state index is 0.0229. The molecule has 1 unspecified atom stereocenters. The fourth-order valence-corrected chi connectivity index (χ4v) is 4.43. The van der Waals surface area contributed by atoms with Gasteiger partial charge in [-0.1, -0.05) is 97.9 Å². The number of hydrogen-bond donors (Lipinski definition) is 0. The second-order valence-electron chi connectivity index (χ2n) is 8.50. The summed E-state index contributed by atoms with van der Waals surface area (Å²) in [4.78, 5) is 0. The van der Waals surface area contributed by atoms with E-state index in [9.17, 15) is 0 Å². The molecule has 3 aromatic rings. The standard InChI is InChI=1S/C28H32O3/c1-22-17-26(21-29-18-23-11-5-2-6-12-23)28(31-20-25-15-9-4-10-16-25)27(22)30-19-24-13-7-3-8-14-24/h2-16,22,26-28H,17-21H2,1H3/t22-,26-,27?,28-/m1/s1. The molecule has 0 N–H and O–H groups in total. The number of hydrogen-bond acceptors (Lipinski definition) is 3. The summed E-state index contributed by atoms with van der Waals surface area (Å²) >= 11 is 0. The fraction of sp³-hybridized carbons (Fsp3) is 0.357. The van der Waals surface area contributed by atoms with Gasteiger partial charge in [0.2, 0.25) is 0 Å². The molecular weight excluding hydrogens is 384 g/mol. The van der Waals surface area contributed by atoms with Gasteiger partial charge < -0.3 is 14.2 Å². The molecule has 0 radical (unpaired) electrons. The molecule has 4 atom stereocenters. The molecule has 4 rings (SSSR count). The smallest absolute Gasteiger partial charge is 0.0894 e. The van der Waals surface area contributed by atoms with E-state index in [0.717, 1.165) is 6.42 Å². The highest BCUT2D eigenvalue weighted by molar-refractivity contribution is 5.15. The van der Waals surface area contributed by atoms with E-state index in [-0.39, 0.29) is 12.2 Å². The van der Waals surface area contributed by atoms with E-state index in [1.807, 2.05) is 18.2 Å².